The van der Waals surface area contributed by atoms with Gasteiger partial charge in [-0.2, -0.15) is 11.8 Å². The van der Waals surface area contributed by atoms with Gasteiger partial charge in [0.25, 0.3) is 0 Å². The molecule has 2 aromatic rings. The SMILES string of the molecule is C#CC(O)(c1ccccc1)c1ccc(N2CCSCC2)cc1. The van der Waals surface area contributed by atoms with Gasteiger partial charge in [-0.1, -0.05) is 48.4 Å². The Labute approximate surface area is 136 Å². The van der Waals surface area contributed by atoms with E-state index in [4.69, 9.17) is 6.42 Å². The van der Waals surface area contributed by atoms with Crippen LogP contribution in [0, 0.1) is 12.3 Å². The third-order valence-electron chi connectivity index (χ3n) is 4.06. The van der Waals surface area contributed by atoms with Crippen LogP contribution in [0.3, 0.4) is 0 Å². The van der Waals surface area contributed by atoms with E-state index in [1.807, 2.05) is 54.2 Å². The molecule has 0 aromatic heterocycles. The molecule has 1 N–H and O–H groups in total. The maximum Gasteiger partial charge on any atom is 0.176 e. The number of aliphatic hydroxyl groups is 1. The second kappa shape index (κ2) is 6.48. The summed E-state index contributed by atoms with van der Waals surface area (Å²) in [5, 5.41) is 10.9. The van der Waals surface area contributed by atoms with Gasteiger partial charge in [0.2, 0.25) is 0 Å². The summed E-state index contributed by atoms with van der Waals surface area (Å²) >= 11 is 1.99. The van der Waals surface area contributed by atoms with Crippen molar-refractivity contribution in [3.63, 3.8) is 0 Å². The van der Waals surface area contributed by atoms with Gasteiger partial charge in [0.1, 0.15) is 0 Å². The van der Waals surface area contributed by atoms with Gasteiger partial charge in [0.05, 0.1) is 0 Å². The molecular formula is C19H19NOS. The lowest BCUT2D eigenvalue weighted by Gasteiger charge is -2.29. The molecule has 0 spiro atoms. The smallest absolute Gasteiger partial charge is 0.176 e. The van der Waals surface area contributed by atoms with Crippen LogP contribution in [0.2, 0.25) is 0 Å². The van der Waals surface area contributed by atoms with Crippen molar-refractivity contribution < 1.29 is 5.11 Å². The minimum atomic E-state index is -1.38. The van der Waals surface area contributed by atoms with Crippen molar-refractivity contribution >= 4 is 17.4 Å². The number of benzene rings is 2. The molecule has 1 unspecified atom stereocenters. The first-order chi connectivity index (χ1) is 10.7. The van der Waals surface area contributed by atoms with Gasteiger partial charge in [0, 0.05) is 41.4 Å². The van der Waals surface area contributed by atoms with Crippen LogP contribution < -0.4 is 4.90 Å². The maximum atomic E-state index is 10.9. The molecule has 3 rings (SSSR count). The van der Waals surface area contributed by atoms with E-state index in [1.54, 1.807) is 0 Å². The fourth-order valence-electron chi connectivity index (χ4n) is 2.75. The van der Waals surface area contributed by atoms with E-state index in [-0.39, 0.29) is 0 Å². The molecule has 0 bridgehead atoms. The summed E-state index contributed by atoms with van der Waals surface area (Å²) < 4.78 is 0. The van der Waals surface area contributed by atoms with Crippen LogP contribution in [-0.4, -0.2) is 29.7 Å². The van der Waals surface area contributed by atoms with E-state index < -0.39 is 5.60 Å². The van der Waals surface area contributed by atoms with Crippen molar-refractivity contribution in [1.82, 2.24) is 0 Å². The van der Waals surface area contributed by atoms with Gasteiger partial charge in [0.15, 0.2) is 5.60 Å². The predicted octanol–water partition coefficient (Wildman–Crippen LogP) is 3.11. The molecule has 1 fully saturated rings. The van der Waals surface area contributed by atoms with E-state index >= 15 is 0 Å². The lowest BCUT2D eigenvalue weighted by Crippen LogP contribution is -2.32. The zero-order valence-electron chi connectivity index (χ0n) is 12.4. The molecule has 2 aromatic carbocycles. The number of thioether (sulfide) groups is 1. The molecule has 3 heteroatoms. The Balaban J connectivity index is 1.89. The second-order valence-electron chi connectivity index (χ2n) is 5.37. The lowest BCUT2D eigenvalue weighted by molar-refractivity contribution is 0.145. The molecule has 1 aliphatic heterocycles. The zero-order valence-corrected chi connectivity index (χ0v) is 13.2. The van der Waals surface area contributed by atoms with E-state index in [1.165, 1.54) is 17.2 Å². The van der Waals surface area contributed by atoms with E-state index in [0.717, 1.165) is 24.2 Å². The first-order valence-electron chi connectivity index (χ1n) is 7.43. The summed E-state index contributed by atoms with van der Waals surface area (Å²) in [6.07, 6.45) is 5.64. The summed E-state index contributed by atoms with van der Waals surface area (Å²) in [4.78, 5) is 2.37. The van der Waals surface area contributed by atoms with Crippen LogP contribution in [0.15, 0.2) is 54.6 Å². The second-order valence-corrected chi connectivity index (χ2v) is 6.59. The van der Waals surface area contributed by atoms with Gasteiger partial charge in [-0.05, 0) is 12.1 Å². The molecule has 112 valence electrons. The minimum Gasteiger partial charge on any atom is -0.370 e. The predicted molar refractivity (Wildman–Crippen MR) is 94.3 cm³/mol. The van der Waals surface area contributed by atoms with Crippen molar-refractivity contribution in [2.45, 2.75) is 5.60 Å². The van der Waals surface area contributed by atoms with E-state index in [2.05, 4.69) is 23.0 Å². The fourth-order valence-corrected chi connectivity index (χ4v) is 3.65. The molecule has 1 atom stereocenters. The molecule has 22 heavy (non-hydrogen) atoms. The Bertz CT molecular complexity index is 656. The van der Waals surface area contributed by atoms with Gasteiger partial charge in [-0.15, -0.1) is 6.42 Å². The molecule has 2 nitrogen and oxygen atoms in total. The van der Waals surface area contributed by atoms with E-state index in [9.17, 15) is 5.11 Å². The largest absolute Gasteiger partial charge is 0.370 e. The average Bonchev–Trinajstić information content (AvgIpc) is 2.63. The van der Waals surface area contributed by atoms with Gasteiger partial charge >= 0.3 is 0 Å². The highest BCUT2D eigenvalue weighted by Gasteiger charge is 2.29. The van der Waals surface area contributed by atoms with Crippen LogP contribution in [0.1, 0.15) is 11.1 Å². The maximum absolute atomic E-state index is 10.9. The van der Waals surface area contributed by atoms with Crippen molar-refractivity contribution in [3.05, 3.63) is 65.7 Å². The summed E-state index contributed by atoms with van der Waals surface area (Å²) in [7, 11) is 0. The fraction of sp³-hybridized carbons (Fsp3) is 0.263. The Kier molecular flexibility index (Phi) is 4.42. The highest BCUT2D eigenvalue weighted by Crippen LogP contribution is 2.30. The Morgan fingerprint density at radius 2 is 1.55 bits per heavy atom. The Hall–Kier alpha value is -1.89. The number of hydrogen-bond acceptors (Lipinski definition) is 3. The summed E-state index contributed by atoms with van der Waals surface area (Å²) in [5.41, 5.74) is 1.27. The van der Waals surface area contributed by atoms with Crippen molar-refractivity contribution in [2.24, 2.45) is 0 Å². The highest BCUT2D eigenvalue weighted by atomic mass is 32.2. The quantitative estimate of drug-likeness (QED) is 0.881. The first-order valence-corrected chi connectivity index (χ1v) is 8.58. The Morgan fingerprint density at radius 3 is 2.14 bits per heavy atom. The molecular weight excluding hydrogens is 290 g/mol. The number of hydrogen-bond donors (Lipinski definition) is 1. The number of anilines is 1. The third-order valence-corrected chi connectivity index (χ3v) is 5.00. The third kappa shape index (κ3) is 2.85. The van der Waals surface area contributed by atoms with Crippen molar-refractivity contribution in [1.29, 1.82) is 0 Å². The molecule has 0 saturated carbocycles. The van der Waals surface area contributed by atoms with Gasteiger partial charge in [-0.25, -0.2) is 0 Å². The summed E-state index contributed by atoms with van der Waals surface area (Å²) in [6, 6.07) is 17.4. The van der Waals surface area contributed by atoms with Crippen LogP contribution >= 0.6 is 11.8 Å². The van der Waals surface area contributed by atoms with Crippen LogP contribution in [0.5, 0.6) is 0 Å². The average molecular weight is 309 g/mol. The van der Waals surface area contributed by atoms with E-state index in [0.29, 0.717) is 0 Å². The van der Waals surface area contributed by atoms with Crippen molar-refractivity contribution in [3.8, 4) is 12.3 Å². The Morgan fingerprint density at radius 1 is 0.955 bits per heavy atom. The monoisotopic (exact) mass is 309 g/mol. The zero-order chi connectivity index (χ0) is 15.4. The standard InChI is InChI=1S/C19H19NOS/c1-2-19(21,16-6-4-3-5-7-16)17-8-10-18(11-9-17)20-12-14-22-15-13-20/h1,3-11,21H,12-15H2. The molecule has 0 amide bonds. The molecule has 1 saturated heterocycles. The van der Waals surface area contributed by atoms with Crippen molar-refractivity contribution in [2.75, 3.05) is 29.5 Å². The molecule has 1 heterocycles. The molecule has 0 aliphatic carbocycles. The van der Waals surface area contributed by atoms with Crippen LogP contribution in [0.4, 0.5) is 5.69 Å². The van der Waals surface area contributed by atoms with Gasteiger partial charge < -0.3 is 10.0 Å². The highest BCUT2D eigenvalue weighted by molar-refractivity contribution is 7.99. The summed E-state index contributed by atoms with van der Waals surface area (Å²) in [5.74, 6) is 4.88. The summed E-state index contributed by atoms with van der Waals surface area (Å²) in [6.45, 7) is 2.14. The topological polar surface area (TPSA) is 23.5 Å². The molecule has 0 radical (unpaired) electrons. The normalized spacial score (nSPS) is 17.5. The van der Waals surface area contributed by atoms with Gasteiger partial charge in [-0.3, -0.25) is 0 Å². The number of nitrogens with zero attached hydrogens (tertiary/aromatic N) is 1. The van der Waals surface area contributed by atoms with Crippen LogP contribution in [0.25, 0.3) is 0 Å². The molecule has 1 aliphatic rings. The minimum absolute atomic E-state index is 0.722. The lowest BCUT2D eigenvalue weighted by atomic mass is 9.87. The number of terminal acetylenes is 1. The first kappa shape index (κ1) is 15.0. The van der Waals surface area contributed by atoms with Crippen LogP contribution in [-0.2, 0) is 5.60 Å². The number of rotatable bonds is 3.